The molecule has 3 saturated heterocycles. The molecule has 0 amide bonds. The Kier molecular flexibility index (Phi) is 12.2. The van der Waals surface area contributed by atoms with Gasteiger partial charge in [0.1, 0.15) is 0 Å². The van der Waals surface area contributed by atoms with Crippen molar-refractivity contribution in [3.8, 4) is 0 Å². The van der Waals surface area contributed by atoms with Crippen molar-refractivity contribution in [2.24, 2.45) is 0 Å². The van der Waals surface area contributed by atoms with Gasteiger partial charge in [-0.3, -0.25) is 9.80 Å². The lowest BCUT2D eigenvalue weighted by atomic mass is 10.0. The first-order valence-corrected chi connectivity index (χ1v) is 12.5. The highest BCUT2D eigenvalue weighted by Crippen LogP contribution is 2.18. The maximum absolute atomic E-state index is 5.52. The number of nitrogens with zero attached hydrogens (tertiary/aromatic N) is 5. The summed E-state index contributed by atoms with van der Waals surface area (Å²) in [6, 6.07) is 1.59. The van der Waals surface area contributed by atoms with Crippen LogP contribution in [0.25, 0.3) is 0 Å². The average molecular weight is 426 g/mol. The Morgan fingerprint density at radius 2 is 1.30 bits per heavy atom. The molecule has 0 spiro atoms. The molecule has 0 aromatic rings. The number of hydrogen-bond donors (Lipinski definition) is 0. The largest absolute Gasteiger partial charge is 0.379 e. The molecule has 0 unspecified atom stereocenters. The number of rotatable bonds is 7. The summed E-state index contributed by atoms with van der Waals surface area (Å²) in [7, 11) is 4.44. The lowest BCUT2D eigenvalue weighted by Crippen LogP contribution is -2.54. The van der Waals surface area contributed by atoms with Crippen molar-refractivity contribution in [3.63, 3.8) is 0 Å². The number of hydrogen-bond acceptors (Lipinski definition) is 6. The molecule has 0 aromatic carbocycles. The SMILES string of the molecule is CC(C)N1CCN(C2CCN(C)CC2)CC1.CC(C)OCCCN1CCN(C)CC1. The van der Waals surface area contributed by atoms with Gasteiger partial charge in [-0.2, -0.15) is 0 Å². The molecule has 30 heavy (non-hydrogen) atoms. The second kappa shape index (κ2) is 14.0. The van der Waals surface area contributed by atoms with Gasteiger partial charge in [0, 0.05) is 77.6 Å². The Hall–Kier alpha value is -0.240. The van der Waals surface area contributed by atoms with Crippen molar-refractivity contribution >= 4 is 0 Å². The third kappa shape index (κ3) is 9.92. The van der Waals surface area contributed by atoms with E-state index in [4.69, 9.17) is 4.74 Å². The maximum Gasteiger partial charge on any atom is 0.0518 e. The lowest BCUT2D eigenvalue weighted by molar-refractivity contribution is 0.0529. The van der Waals surface area contributed by atoms with Crippen LogP contribution in [0, 0.1) is 0 Å². The molecule has 6 nitrogen and oxygen atoms in total. The maximum atomic E-state index is 5.52. The van der Waals surface area contributed by atoms with Gasteiger partial charge in [-0.1, -0.05) is 0 Å². The fourth-order valence-corrected chi connectivity index (χ4v) is 4.66. The minimum atomic E-state index is 0.377. The van der Waals surface area contributed by atoms with Crippen LogP contribution < -0.4 is 0 Å². The van der Waals surface area contributed by atoms with Crippen molar-refractivity contribution in [2.75, 3.05) is 92.7 Å². The molecule has 0 saturated carbocycles. The second-order valence-electron chi connectivity index (χ2n) is 10.1. The first-order valence-electron chi connectivity index (χ1n) is 12.5. The molecule has 3 aliphatic heterocycles. The molecule has 0 bridgehead atoms. The fourth-order valence-electron chi connectivity index (χ4n) is 4.66. The molecular formula is C24H51N5O. The summed E-state index contributed by atoms with van der Waals surface area (Å²) in [4.78, 5) is 12.7. The average Bonchev–Trinajstić information content (AvgIpc) is 2.73. The van der Waals surface area contributed by atoms with E-state index in [1.165, 1.54) is 91.3 Å². The van der Waals surface area contributed by atoms with Crippen molar-refractivity contribution in [2.45, 2.75) is 65.1 Å². The second-order valence-corrected chi connectivity index (χ2v) is 10.1. The van der Waals surface area contributed by atoms with Crippen LogP contribution in [-0.2, 0) is 4.74 Å². The van der Waals surface area contributed by atoms with E-state index in [2.05, 4.69) is 66.3 Å². The molecule has 3 fully saturated rings. The molecule has 3 heterocycles. The van der Waals surface area contributed by atoms with Crippen LogP contribution in [0.3, 0.4) is 0 Å². The Morgan fingerprint density at radius 3 is 1.83 bits per heavy atom. The molecular weight excluding hydrogens is 374 g/mol. The normalized spacial score (nSPS) is 24.4. The zero-order chi connectivity index (χ0) is 21.9. The molecule has 3 rings (SSSR count). The van der Waals surface area contributed by atoms with Gasteiger partial charge in [-0.25, -0.2) is 0 Å². The molecule has 0 aliphatic carbocycles. The highest BCUT2D eigenvalue weighted by Gasteiger charge is 2.26. The van der Waals surface area contributed by atoms with E-state index in [0.29, 0.717) is 6.10 Å². The topological polar surface area (TPSA) is 25.4 Å². The van der Waals surface area contributed by atoms with Gasteiger partial charge in [-0.05, 0) is 74.1 Å². The molecule has 178 valence electrons. The predicted molar refractivity (Wildman–Crippen MR) is 128 cm³/mol. The summed E-state index contributed by atoms with van der Waals surface area (Å²) in [5.41, 5.74) is 0. The third-order valence-corrected chi connectivity index (χ3v) is 6.95. The van der Waals surface area contributed by atoms with Crippen LogP contribution in [-0.4, -0.2) is 135 Å². The van der Waals surface area contributed by atoms with Gasteiger partial charge in [-0.15, -0.1) is 0 Å². The zero-order valence-corrected chi connectivity index (χ0v) is 21.0. The van der Waals surface area contributed by atoms with Crippen LogP contribution in [0.4, 0.5) is 0 Å². The summed E-state index contributed by atoms with van der Waals surface area (Å²) in [6.07, 6.45) is 4.29. The standard InChI is InChI=1S/C13H27N3.C11H24N2O/c1-12(2)15-8-10-16(11-9-15)13-4-6-14(3)7-5-13;1-11(2)14-10-4-5-13-8-6-12(3)7-9-13/h12-13H,4-11H2,1-3H3;11H,4-10H2,1-3H3. The monoisotopic (exact) mass is 425 g/mol. The first-order chi connectivity index (χ1) is 14.3. The minimum absolute atomic E-state index is 0.377. The Morgan fingerprint density at radius 1 is 0.733 bits per heavy atom. The smallest absolute Gasteiger partial charge is 0.0518 e. The van der Waals surface area contributed by atoms with Gasteiger partial charge < -0.3 is 19.4 Å². The number of piperazine rings is 2. The van der Waals surface area contributed by atoms with E-state index in [1.54, 1.807) is 0 Å². The summed E-state index contributed by atoms with van der Waals surface area (Å²) in [6.45, 7) is 23.5. The van der Waals surface area contributed by atoms with E-state index in [9.17, 15) is 0 Å². The Balaban J connectivity index is 0.000000216. The molecule has 0 radical (unpaired) electrons. The van der Waals surface area contributed by atoms with E-state index in [-0.39, 0.29) is 0 Å². The number of ether oxygens (including phenoxy) is 1. The minimum Gasteiger partial charge on any atom is -0.379 e. The summed E-state index contributed by atoms with van der Waals surface area (Å²) >= 11 is 0. The van der Waals surface area contributed by atoms with Gasteiger partial charge in [0.15, 0.2) is 0 Å². The van der Waals surface area contributed by atoms with Crippen LogP contribution in [0.1, 0.15) is 47.0 Å². The van der Waals surface area contributed by atoms with E-state index in [1.807, 2.05) is 0 Å². The first kappa shape index (κ1) is 26.0. The number of likely N-dealkylation sites (tertiary alicyclic amines) is 1. The molecule has 0 atom stereocenters. The molecule has 3 aliphatic rings. The third-order valence-electron chi connectivity index (χ3n) is 6.95. The van der Waals surface area contributed by atoms with E-state index in [0.717, 1.165) is 18.7 Å². The highest BCUT2D eigenvalue weighted by molar-refractivity contribution is 4.83. The zero-order valence-electron chi connectivity index (χ0n) is 21.0. The van der Waals surface area contributed by atoms with E-state index >= 15 is 0 Å². The van der Waals surface area contributed by atoms with Crippen molar-refractivity contribution < 1.29 is 4.74 Å². The van der Waals surface area contributed by atoms with Gasteiger partial charge in [0.2, 0.25) is 0 Å². The summed E-state index contributed by atoms with van der Waals surface area (Å²) < 4.78 is 5.52. The van der Waals surface area contributed by atoms with Crippen LogP contribution >= 0.6 is 0 Å². The number of likely N-dealkylation sites (N-methyl/N-ethyl adjacent to an activating group) is 1. The van der Waals surface area contributed by atoms with Gasteiger partial charge >= 0.3 is 0 Å². The Bertz CT molecular complexity index is 423. The fraction of sp³-hybridized carbons (Fsp3) is 1.00. The molecule has 0 aromatic heterocycles. The predicted octanol–water partition coefficient (Wildman–Crippen LogP) is 2.16. The lowest BCUT2D eigenvalue weighted by Gasteiger charge is -2.43. The molecule has 6 heteroatoms. The highest BCUT2D eigenvalue weighted by atomic mass is 16.5. The van der Waals surface area contributed by atoms with E-state index < -0.39 is 0 Å². The Labute approximate surface area is 187 Å². The van der Waals surface area contributed by atoms with Crippen molar-refractivity contribution in [1.82, 2.24) is 24.5 Å². The quantitative estimate of drug-likeness (QED) is 0.580. The van der Waals surface area contributed by atoms with Crippen molar-refractivity contribution in [3.05, 3.63) is 0 Å². The number of piperidine rings is 1. The van der Waals surface area contributed by atoms with Crippen LogP contribution in [0.5, 0.6) is 0 Å². The van der Waals surface area contributed by atoms with Crippen molar-refractivity contribution in [1.29, 1.82) is 0 Å². The van der Waals surface area contributed by atoms with Crippen LogP contribution in [0.2, 0.25) is 0 Å². The van der Waals surface area contributed by atoms with Gasteiger partial charge in [0.05, 0.1) is 6.10 Å². The van der Waals surface area contributed by atoms with Gasteiger partial charge in [0.25, 0.3) is 0 Å². The molecule has 0 N–H and O–H groups in total. The van der Waals surface area contributed by atoms with Crippen LogP contribution in [0.15, 0.2) is 0 Å². The summed E-state index contributed by atoms with van der Waals surface area (Å²) in [5.74, 6) is 0. The summed E-state index contributed by atoms with van der Waals surface area (Å²) in [5, 5.41) is 0.